The Morgan fingerprint density at radius 1 is 1.25 bits per heavy atom. The number of phenols is 2. The van der Waals surface area contributed by atoms with E-state index in [9.17, 15) is 15.3 Å². The van der Waals surface area contributed by atoms with Gasteiger partial charge in [-0.15, -0.1) is 0 Å². The molecule has 0 saturated carbocycles. The van der Waals surface area contributed by atoms with Crippen LogP contribution in [0.4, 0.5) is 0 Å². The molecule has 0 fully saturated rings. The lowest BCUT2D eigenvalue weighted by atomic mass is 10.1. The second-order valence-electron chi connectivity index (χ2n) is 4.86. The van der Waals surface area contributed by atoms with Crippen LogP contribution < -0.4 is 5.32 Å². The molecule has 20 heavy (non-hydrogen) atoms. The van der Waals surface area contributed by atoms with Gasteiger partial charge in [-0.3, -0.25) is 0 Å². The van der Waals surface area contributed by atoms with Gasteiger partial charge in [0.2, 0.25) is 0 Å². The van der Waals surface area contributed by atoms with E-state index in [4.69, 9.17) is 4.74 Å². The molecule has 0 radical (unpaired) electrons. The van der Waals surface area contributed by atoms with E-state index in [-0.39, 0.29) is 11.5 Å². The molecule has 5 heteroatoms. The summed E-state index contributed by atoms with van der Waals surface area (Å²) in [6, 6.07) is 4.78. The Bertz CT molecular complexity index is 384. The fourth-order valence-corrected chi connectivity index (χ4v) is 1.75. The van der Waals surface area contributed by atoms with Crippen molar-refractivity contribution in [2.45, 2.75) is 32.3 Å². The van der Waals surface area contributed by atoms with Crippen LogP contribution in [0.3, 0.4) is 0 Å². The van der Waals surface area contributed by atoms with Crippen molar-refractivity contribution in [3.8, 4) is 11.5 Å². The van der Waals surface area contributed by atoms with Crippen LogP contribution in [0.25, 0.3) is 0 Å². The van der Waals surface area contributed by atoms with E-state index in [1.165, 1.54) is 6.07 Å². The van der Waals surface area contributed by atoms with Gasteiger partial charge in [-0.05, 0) is 37.1 Å². The van der Waals surface area contributed by atoms with E-state index in [1.807, 2.05) is 0 Å². The van der Waals surface area contributed by atoms with Crippen LogP contribution in [0.2, 0.25) is 0 Å². The highest BCUT2D eigenvalue weighted by atomic mass is 16.5. The van der Waals surface area contributed by atoms with Crippen LogP contribution in [-0.4, -0.2) is 47.7 Å². The molecule has 0 aliphatic heterocycles. The number of ether oxygens (including phenoxy) is 1. The van der Waals surface area contributed by atoms with Crippen molar-refractivity contribution < 1.29 is 20.1 Å². The lowest BCUT2D eigenvalue weighted by Gasteiger charge is -2.12. The second kappa shape index (κ2) is 9.58. The molecule has 1 aromatic carbocycles. The first kappa shape index (κ1) is 16.8. The molecule has 0 spiro atoms. The number of phenolic OH excluding ortho intramolecular Hbond substituents is 2. The van der Waals surface area contributed by atoms with Crippen molar-refractivity contribution in [1.82, 2.24) is 5.32 Å². The third kappa shape index (κ3) is 6.75. The number of aliphatic hydroxyl groups excluding tert-OH is 1. The summed E-state index contributed by atoms with van der Waals surface area (Å²) in [6.45, 7) is 4.32. The zero-order chi connectivity index (χ0) is 14.8. The summed E-state index contributed by atoms with van der Waals surface area (Å²) in [5, 5.41) is 31.4. The Balaban J connectivity index is 2.10. The van der Waals surface area contributed by atoms with Crippen LogP contribution in [0.1, 0.15) is 25.3 Å². The van der Waals surface area contributed by atoms with Crippen LogP contribution in [0.5, 0.6) is 11.5 Å². The number of hydrogen-bond acceptors (Lipinski definition) is 5. The highest BCUT2D eigenvalue weighted by Crippen LogP contribution is 2.24. The van der Waals surface area contributed by atoms with E-state index in [0.29, 0.717) is 26.3 Å². The number of aromatic hydroxyl groups is 2. The molecule has 1 unspecified atom stereocenters. The van der Waals surface area contributed by atoms with Gasteiger partial charge in [-0.2, -0.15) is 0 Å². The van der Waals surface area contributed by atoms with Gasteiger partial charge in [0.25, 0.3) is 0 Å². The lowest BCUT2D eigenvalue weighted by molar-refractivity contribution is 0.0361. The molecule has 5 nitrogen and oxygen atoms in total. The summed E-state index contributed by atoms with van der Waals surface area (Å²) < 4.78 is 5.33. The van der Waals surface area contributed by atoms with Gasteiger partial charge in [-0.25, -0.2) is 0 Å². The van der Waals surface area contributed by atoms with E-state index < -0.39 is 6.10 Å². The lowest BCUT2D eigenvalue weighted by Crippen LogP contribution is -2.31. The molecule has 0 heterocycles. The zero-order valence-electron chi connectivity index (χ0n) is 12.0. The number of unbranched alkanes of at least 4 members (excludes halogenated alkanes) is 1. The summed E-state index contributed by atoms with van der Waals surface area (Å²) >= 11 is 0. The number of rotatable bonds is 10. The van der Waals surface area contributed by atoms with E-state index in [0.717, 1.165) is 24.8 Å². The van der Waals surface area contributed by atoms with Crippen molar-refractivity contribution in [2.24, 2.45) is 0 Å². The van der Waals surface area contributed by atoms with E-state index >= 15 is 0 Å². The van der Waals surface area contributed by atoms with Crippen LogP contribution >= 0.6 is 0 Å². The van der Waals surface area contributed by atoms with Gasteiger partial charge in [0.1, 0.15) is 0 Å². The van der Waals surface area contributed by atoms with Gasteiger partial charge < -0.3 is 25.4 Å². The second-order valence-corrected chi connectivity index (χ2v) is 4.86. The third-order valence-corrected chi connectivity index (χ3v) is 2.96. The Morgan fingerprint density at radius 2 is 2.05 bits per heavy atom. The standard InChI is InChI=1S/C15H25NO4/c1-2-3-8-20-11-13(17)10-16-7-6-12-4-5-14(18)15(19)9-12/h4-5,9,13,16-19H,2-3,6-8,10-11H2,1H3. The molecule has 114 valence electrons. The van der Waals surface area contributed by atoms with Crippen LogP contribution in [0, 0.1) is 0 Å². The normalized spacial score (nSPS) is 12.5. The smallest absolute Gasteiger partial charge is 0.157 e. The van der Waals surface area contributed by atoms with Crippen LogP contribution in [-0.2, 0) is 11.2 Å². The van der Waals surface area contributed by atoms with Gasteiger partial charge in [-0.1, -0.05) is 19.4 Å². The van der Waals surface area contributed by atoms with Gasteiger partial charge in [0, 0.05) is 13.2 Å². The van der Waals surface area contributed by atoms with Crippen molar-refractivity contribution in [3.63, 3.8) is 0 Å². The predicted molar refractivity (Wildman–Crippen MR) is 78.1 cm³/mol. The molecule has 1 aromatic rings. The summed E-state index contributed by atoms with van der Waals surface area (Å²) in [7, 11) is 0. The Morgan fingerprint density at radius 3 is 2.75 bits per heavy atom. The molecular weight excluding hydrogens is 258 g/mol. The number of aliphatic hydroxyl groups is 1. The zero-order valence-corrected chi connectivity index (χ0v) is 12.0. The van der Waals surface area contributed by atoms with Crippen molar-refractivity contribution in [2.75, 3.05) is 26.3 Å². The van der Waals surface area contributed by atoms with E-state index in [1.54, 1.807) is 12.1 Å². The summed E-state index contributed by atoms with van der Waals surface area (Å²) in [4.78, 5) is 0. The first-order valence-electron chi connectivity index (χ1n) is 7.11. The average Bonchev–Trinajstić information content (AvgIpc) is 2.43. The topological polar surface area (TPSA) is 82.0 Å². The molecule has 0 amide bonds. The minimum Gasteiger partial charge on any atom is -0.504 e. The van der Waals surface area contributed by atoms with Crippen molar-refractivity contribution >= 4 is 0 Å². The van der Waals surface area contributed by atoms with Gasteiger partial charge in [0.05, 0.1) is 12.7 Å². The maximum Gasteiger partial charge on any atom is 0.157 e. The Kier molecular flexibility index (Phi) is 8.02. The third-order valence-electron chi connectivity index (χ3n) is 2.96. The van der Waals surface area contributed by atoms with Crippen molar-refractivity contribution in [3.05, 3.63) is 23.8 Å². The first-order chi connectivity index (χ1) is 9.63. The minimum absolute atomic E-state index is 0.105. The summed E-state index contributed by atoms with van der Waals surface area (Å²) in [6.07, 6.45) is 2.33. The van der Waals surface area contributed by atoms with Crippen LogP contribution in [0.15, 0.2) is 18.2 Å². The molecule has 0 saturated heterocycles. The molecule has 0 aliphatic rings. The number of nitrogens with one attached hydrogen (secondary N) is 1. The molecule has 1 rings (SSSR count). The maximum absolute atomic E-state index is 9.67. The minimum atomic E-state index is -0.500. The highest BCUT2D eigenvalue weighted by Gasteiger charge is 2.04. The summed E-state index contributed by atoms with van der Waals surface area (Å²) in [5.41, 5.74) is 0.932. The van der Waals surface area contributed by atoms with Gasteiger partial charge >= 0.3 is 0 Å². The monoisotopic (exact) mass is 283 g/mol. The molecule has 0 aliphatic carbocycles. The van der Waals surface area contributed by atoms with Crippen molar-refractivity contribution in [1.29, 1.82) is 0 Å². The summed E-state index contributed by atoms with van der Waals surface area (Å²) in [5.74, 6) is -0.215. The SMILES string of the molecule is CCCCOCC(O)CNCCc1ccc(O)c(O)c1. The highest BCUT2D eigenvalue weighted by molar-refractivity contribution is 5.40. The number of benzene rings is 1. The average molecular weight is 283 g/mol. The Labute approximate surface area is 120 Å². The molecular formula is C15H25NO4. The molecule has 1 atom stereocenters. The molecule has 0 aromatic heterocycles. The molecule has 4 N–H and O–H groups in total. The number of hydrogen-bond donors (Lipinski definition) is 4. The van der Waals surface area contributed by atoms with Gasteiger partial charge in [0.15, 0.2) is 11.5 Å². The quantitative estimate of drug-likeness (QED) is 0.385. The fraction of sp³-hybridized carbons (Fsp3) is 0.600. The fourth-order valence-electron chi connectivity index (χ4n) is 1.75. The first-order valence-corrected chi connectivity index (χ1v) is 7.11. The molecule has 0 bridgehead atoms. The Hall–Kier alpha value is -1.30. The largest absolute Gasteiger partial charge is 0.504 e. The van der Waals surface area contributed by atoms with E-state index in [2.05, 4.69) is 12.2 Å². The predicted octanol–water partition coefficient (Wildman–Crippen LogP) is 1.41. The maximum atomic E-state index is 9.67.